The molecule has 0 saturated heterocycles. The summed E-state index contributed by atoms with van der Waals surface area (Å²) < 4.78 is 19.6. The van der Waals surface area contributed by atoms with Crippen molar-refractivity contribution in [2.75, 3.05) is 0 Å². The van der Waals surface area contributed by atoms with E-state index in [9.17, 15) is 4.39 Å². The van der Waals surface area contributed by atoms with Crippen LogP contribution in [0.2, 0.25) is 10.0 Å². The summed E-state index contributed by atoms with van der Waals surface area (Å²) in [6.45, 7) is 0. The van der Waals surface area contributed by atoms with Gasteiger partial charge in [0.2, 0.25) is 5.88 Å². The Bertz CT molecular complexity index is 661. The lowest BCUT2D eigenvalue weighted by atomic mass is 10.1. The predicted molar refractivity (Wildman–Crippen MR) is 84.0 cm³/mol. The third kappa shape index (κ3) is 2.72. The molecule has 0 bridgehead atoms. The van der Waals surface area contributed by atoms with E-state index < -0.39 is 11.4 Å². The zero-order chi connectivity index (χ0) is 15.2. The summed E-state index contributed by atoms with van der Waals surface area (Å²) in [6.07, 6.45) is 2.94. The maximum absolute atomic E-state index is 13.7. The molecule has 1 saturated carbocycles. The van der Waals surface area contributed by atoms with E-state index in [2.05, 4.69) is 26.2 Å². The summed E-state index contributed by atoms with van der Waals surface area (Å²) in [5, 5.41) is 3.35. The van der Waals surface area contributed by atoms with Crippen molar-refractivity contribution < 1.29 is 9.13 Å². The van der Waals surface area contributed by atoms with Gasteiger partial charge in [-0.1, -0.05) is 39.1 Å². The van der Waals surface area contributed by atoms with Crippen molar-refractivity contribution in [2.24, 2.45) is 10.7 Å². The van der Waals surface area contributed by atoms with E-state index in [4.69, 9.17) is 33.7 Å². The van der Waals surface area contributed by atoms with Gasteiger partial charge in [0.1, 0.15) is 16.4 Å². The van der Waals surface area contributed by atoms with Gasteiger partial charge in [-0.3, -0.25) is 0 Å². The van der Waals surface area contributed by atoms with Gasteiger partial charge in [0, 0.05) is 16.8 Å². The SMILES string of the molecule is NC1=C(OC2(c3c(Cl)ccc(F)c3Cl)CC2)NC(Br)C=N1. The third-order valence-electron chi connectivity index (χ3n) is 3.35. The van der Waals surface area contributed by atoms with Crippen molar-refractivity contribution >= 4 is 45.3 Å². The number of hydrogen-bond donors (Lipinski definition) is 2. The summed E-state index contributed by atoms with van der Waals surface area (Å²) in [6, 6.07) is 2.70. The van der Waals surface area contributed by atoms with Gasteiger partial charge < -0.3 is 15.8 Å². The molecule has 4 nitrogen and oxygen atoms in total. The van der Waals surface area contributed by atoms with Crippen LogP contribution in [0, 0.1) is 5.82 Å². The monoisotopic (exact) mass is 393 g/mol. The molecule has 0 spiro atoms. The number of nitrogens with zero attached hydrogens (tertiary/aromatic N) is 1. The van der Waals surface area contributed by atoms with E-state index in [0.29, 0.717) is 29.3 Å². The van der Waals surface area contributed by atoms with Crippen LogP contribution in [-0.4, -0.2) is 11.2 Å². The average Bonchev–Trinajstić information content (AvgIpc) is 3.19. The normalized spacial score (nSPS) is 23.0. The Kier molecular flexibility index (Phi) is 3.80. The molecule has 0 aromatic heterocycles. The van der Waals surface area contributed by atoms with Crippen molar-refractivity contribution in [3.63, 3.8) is 0 Å². The van der Waals surface area contributed by atoms with Crippen molar-refractivity contribution in [2.45, 2.75) is 23.4 Å². The third-order valence-corrected chi connectivity index (χ3v) is 4.50. The summed E-state index contributed by atoms with van der Waals surface area (Å²) >= 11 is 15.6. The van der Waals surface area contributed by atoms with E-state index in [1.54, 1.807) is 6.21 Å². The number of halogens is 4. The lowest BCUT2D eigenvalue weighted by molar-refractivity contribution is 0.0752. The van der Waals surface area contributed by atoms with Crippen LogP contribution in [0.25, 0.3) is 0 Å². The van der Waals surface area contributed by atoms with Gasteiger partial charge in [-0.15, -0.1) is 0 Å². The number of nitrogens with one attached hydrogen (secondary N) is 1. The molecule has 3 N–H and O–H groups in total. The minimum Gasteiger partial charge on any atom is -0.465 e. The molecular formula is C13H11BrCl2FN3O. The molecule has 1 aromatic carbocycles. The zero-order valence-corrected chi connectivity index (χ0v) is 13.8. The van der Waals surface area contributed by atoms with Gasteiger partial charge >= 0.3 is 0 Å². The van der Waals surface area contributed by atoms with Crippen LogP contribution < -0.4 is 11.1 Å². The molecule has 1 aromatic rings. The Morgan fingerprint density at radius 1 is 1.43 bits per heavy atom. The first kappa shape index (κ1) is 14.9. The van der Waals surface area contributed by atoms with E-state index in [1.807, 2.05) is 0 Å². The first-order valence-electron chi connectivity index (χ1n) is 6.20. The predicted octanol–water partition coefficient (Wildman–Crippen LogP) is 3.62. The molecule has 1 unspecified atom stereocenters. The number of ether oxygens (including phenoxy) is 1. The highest BCUT2D eigenvalue weighted by Crippen LogP contribution is 2.55. The maximum Gasteiger partial charge on any atom is 0.232 e. The van der Waals surface area contributed by atoms with Crippen LogP contribution in [-0.2, 0) is 10.3 Å². The van der Waals surface area contributed by atoms with Crippen LogP contribution in [0.1, 0.15) is 18.4 Å². The summed E-state index contributed by atoms with van der Waals surface area (Å²) in [4.78, 5) is 3.83. The Hall–Kier alpha value is -0.980. The van der Waals surface area contributed by atoms with Crippen molar-refractivity contribution in [3.05, 3.63) is 45.3 Å². The van der Waals surface area contributed by atoms with Crippen LogP contribution in [0.4, 0.5) is 4.39 Å². The van der Waals surface area contributed by atoms with Crippen molar-refractivity contribution in [3.8, 4) is 0 Å². The molecule has 0 radical (unpaired) electrons. The summed E-state index contributed by atoms with van der Waals surface area (Å²) in [7, 11) is 0. The maximum atomic E-state index is 13.7. The lowest BCUT2D eigenvalue weighted by Gasteiger charge is -2.26. The molecule has 2 aliphatic rings. The molecule has 3 rings (SSSR count). The van der Waals surface area contributed by atoms with Gasteiger partial charge in [-0.25, -0.2) is 9.38 Å². The van der Waals surface area contributed by atoms with Gasteiger partial charge in [0.05, 0.1) is 5.02 Å². The minimum absolute atomic E-state index is 0.0196. The quantitative estimate of drug-likeness (QED) is 0.467. The smallest absolute Gasteiger partial charge is 0.232 e. The van der Waals surface area contributed by atoms with Gasteiger partial charge in [-0.2, -0.15) is 0 Å². The Labute approximate surface area is 139 Å². The summed E-state index contributed by atoms with van der Waals surface area (Å²) in [5.74, 6) is 0.0229. The van der Waals surface area contributed by atoms with Gasteiger partial charge in [0.15, 0.2) is 5.82 Å². The lowest BCUT2D eigenvalue weighted by Crippen LogP contribution is -2.34. The Morgan fingerprint density at radius 3 is 2.81 bits per heavy atom. The molecule has 21 heavy (non-hydrogen) atoms. The fraction of sp³-hybridized carbons (Fsp3) is 0.308. The molecule has 1 atom stereocenters. The van der Waals surface area contributed by atoms with Crippen molar-refractivity contribution in [1.82, 2.24) is 5.32 Å². The molecule has 112 valence electrons. The molecule has 1 fully saturated rings. The van der Waals surface area contributed by atoms with Crippen LogP contribution in [0.15, 0.2) is 28.8 Å². The second kappa shape index (κ2) is 5.34. The molecule has 1 aliphatic heterocycles. The number of aliphatic imine (C=N–C) groups is 1. The van der Waals surface area contributed by atoms with Crippen LogP contribution in [0.5, 0.6) is 0 Å². The summed E-state index contributed by atoms with van der Waals surface area (Å²) in [5.41, 5.74) is 5.48. The second-order valence-electron chi connectivity index (χ2n) is 4.85. The molecule has 0 amide bonds. The Balaban J connectivity index is 1.96. The topological polar surface area (TPSA) is 59.6 Å². The number of rotatable bonds is 3. The van der Waals surface area contributed by atoms with Crippen LogP contribution >= 0.6 is 39.1 Å². The highest BCUT2D eigenvalue weighted by Gasteiger charge is 2.51. The van der Waals surface area contributed by atoms with Crippen molar-refractivity contribution in [1.29, 1.82) is 0 Å². The fourth-order valence-electron chi connectivity index (χ4n) is 2.18. The zero-order valence-electron chi connectivity index (χ0n) is 10.7. The van der Waals surface area contributed by atoms with E-state index in [-0.39, 0.29) is 15.8 Å². The first-order chi connectivity index (χ1) is 9.93. The number of benzene rings is 1. The number of hydrogen-bond acceptors (Lipinski definition) is 4. The second-order valence-corrected chi connectivity index (χ2v) is 6.62. The van der Waals surface area contributed by atoms with Crippen LogP contribution in [0.3, 0.4) is 0 Å². The van der Waals surface area contributed by atoms with Gasteiger partial charge in [-0.05, 0) is 25.0 Å². The molecular weight excluding hydrogens is 384 g/mol. The van der Waals surface area contributed by atoms with E-state index in [0.717, 1.165) is 0 Å². The highest BCUT2D eigenvalue weighted by molar-refractivity contribution is 9.09. The molecule has 1 heterocycles. The Morgan fingerprint density at radius 2 is 2.14 bits per heavy atom. The van der Waals surface area contributed by atoms with Gasteiger partial charge in [0.25, 0.3) is 0 Å². The average molecular weight is 395 g/mol. The molecule has 8 heteroatoms. The highest BCUT2D eigenvalue weighted by atomic mass is 79.9. The van der Waals surface area contributed by atoms with E-state index in [1.165, 1.54) is 12.1 Å². The fourth-order valence-corrected chi connectivity index (χ4v) is 3.22. The standard InChI is InChI=1S/C13H11BrCl2FN3O/c14-8-5-19-11(18)12(20-8)21-13(3-4-13)9-6(15)1-2-7(17)10(9)16/h1-2,5,8,20H,3-4,18H2. The first-order valence-corrected chi connectivity index (χ1v) is 7.88. The largest absolute Gasteiger partial charge is 0.465 e. The number of alkyl halides is 1. The minimum atomic E-state index is -0.761. The van der Waals surface area contributed by atoms with E-state index >= 15 is 0 Å². The number of nitrogens with two attached hydrogens (primary N) is 1. The molecule has 1 aliphatic carbocycles.